The Morgan fingerprint density at radius 3 is 2.31 bits per heavy atom. The van der Waals surface area contributed by atoms with Crippen molar-refractivity contribution in [1.82, 2.24) is 4.90 Å². The summed E-state index contributed by atoms with van der Waals surface area (Å²) in [4.78, 5) is 25.9. The average Bonchev–Trinajstić information content (AvgIpc) is 2.54. The third-order valence-electron chi connectivity index (χ3n) is 4.28. The van der Waals surface area contributed by atoms with E-state index in [0.717, 1.165) is 27.9 Å². The Hall–Kier alpha value is -2.33. The molecular formula is C21H25ClN2O2. The van der Waals surface area contributed by atoms with Gasteiger partial charge in [0.15, 0.2) is 0 Å². The highest BCUT2D eigenvalue weighted by Crippen LogP contribution is 2.21. The van der Waals surface area contributed by atoms with Crippen molar-refractivity contribution in [3.63, 3.8) is 0 Å². The van der Waals surface area contributed by atoms with E-state index in [9.17, 15) is 9.59 Å². The van der Waals surface area contributed by atoms with Crippen LogP contribution < -0.4 is 5.32 Å². The van der Waals surface area contributed by atoms with E-state index < -0.39 is 0 Å². The van der Waals surface area contributed by atoms with Gasteiger partial charge in [-0.2, -0.15) is 0 Å². The molecule has 4 nitrogen and oxygen atoms in total. The van der Waals surface area contributed by atoms with Crippen LogP contribution in [0.1, 0.15) is 29.2 Å². The largest absolute Gasteiger partial charge is 0.333 e. The molecule has 0 aliphatic rings. The zero-order valence-electron chi connectivity index (χ0n) is 15.7. The number of halogens is 1. The number of carbonyl (C=O) groups excluding carboxylic acids is 2. The van der Waals surface area contributed by atoms with Gasteiger partial charge < -0.3 is 10.2 Å². The summed E-state index contributed by atoms with van der Waals surface area (Å²) in [5.74, 6) is -0.319. The van der Waals surface area contributed by atoms with Crippen LogP contribution in [0, 0.1) is 20.8 Å². The lowest BCUT2D eigenvalue weighted by Gasteiger charge is -2.21. The number of carbonyl (C=O) groups is 2. The second kappa shape index (κ2) is 8.86. The van der Waals surface area contributed by atoms with Crippen LogP contribution in [0.4, 0.5) is 5.69 Å². The molecule has 26 heavy (non-hydrogen) atoms. The average molecular weight is 373 g/mol. The summed E-state index contributed by atoms with van der Waals surface area (Å²) >= 11 is 5.99. The van der Waals surface area contributed by atoms with E-state index in [4.69, 9.17) is 11.6 Å². The first-order valence-corrected chi connectivity index (χ1v) is 9.01. The fourth-order valence-electron chi connectivity index (χ4n) is 3.03. The van der Waals surface area contributed by atoms with Gasteiger partial charge in [-0.05, 0) is 56.0 Å². The quantitative estimate of drug-likeness (QED) is 0.822. The summed E-state index contributed by atoms with van der Waals surface area (Å²) in [5.41, 5.74) is 5.05. The summed E-state index contributed by atoms with van der Waals surface area (Å²) in [5, 5.41) is 3.61. The van der Waals surface area contributed by atoms with E-state index in [1.807, 2.05) is 57.2 Å². The van der Waals surface area contributed by atoms with Crippen molar-refractivity contribution in [3.8, 4) is 0 Å². The van der Waals surface area contributed by atoms with Gasteiger partial charge in [-0.25, -0.2) is 0 Å². The first-order valence-electron chi connectivity index (χ1n) is 8.64. The van der Waals surface area contributed by atoms with Crippen molar-refractivity contribution in [2.75, 3.05) is 18.4 Å². The number of hydrogen-bond donors (Lipinski definition) is 1. The number of benzene rings is 2. The molecule has 0 saturated heterocycles. The van der Waals surface area contributed by atoms with Crippen LogP contribution in [0.25, 0.3) is 0 Å². The highest BCUT2D eigenvalue weighted by Gasteiger charge is 2.15. The fraction of sp³-hybridized carbons (Fsp3) is 0.333. The number of nitrogens with zero attached hydrogens (tertiary/aromatic N) is 1. The van der Waals surface area contributed by atoms with Crippen molar-refractivity contribution in [2.24, 2.45) is 0 Å². The van der Waals surface area contributed by atoms with Gasteiger partial charge in [-0.15, -0.1) is 0 Å². The Labute approximate surface area is 160 Å². The summed E-state index contributed by atoms with van der Waals surface area (Å²) in [6, 6.07) is 11.6. The zero-order chi connectivity index (χ0) is 19.3. The van der Waals surface area contributed by atoms with Gasteiger partial charge in [0.25, 0.3) is 0 Å². The lowest BCUT2D eigenvalue weighted by Crippen LogP contribution is -2.38. The highest BCUT2D eigenvalue weighted by atomic mass is 35.5. The Kier molecular flexibility index (Phi) is 6.81. The van der Waals surface area contributed by atoms with E-state index in [0.29, 0.717) is 18.0 Å². The smallest absolute Gasteiger partial charge is 0.244 e. The Morgan fingerprint density at radius 2 is 1.73 bits per heavy atom. The van der Waals surface area contributed by atoms with Crippen LogP contribution in [0.3, 0.4) is 0 Å². The van der Waals surface area contributed by atoms with Crippen LogP contribution in [0.5, 0.6) is 0 Å². The maximum atomic E-state index is 12.5. The Morgan fingerprint density at radius 1 is 1.08 bits per heavy atom. The van der Waals surface area contributed by atoms with Crippen LogP contribution in [-0.4, -0.2) is 29.8 Å². The summed E-state index contributed by atoms with van der Waals surface area (Å²) < 4.78 is 0. The number of amides is 2. The molecule has 0 spiro atoms. The molecule has 0 bridgehead atoms. The summed E-state index contributed by atoms with van der Waals surface area (Å²) in [6.07, 6.45) is 0.649. The monoisotopic (exact) mass is 372 g/mol. The van der Waals surface area contributed by atoms with E-state index in [2.05, 4.69) is 5.32 Å². The van der Waals surface area contributed by atoms with Crippen molar-refractivity contribution in [1.29, 1.82) is 0 Å². The molecule has 2 amide bonds. The molecule has 2 rings (SSSR count). The van der Waals surface area contributed by atoms with Crippen molar-refractivity contribution in [2.45, 2.75) is 34.1 Å². The lowest BCUT2D eigenvalue weighted by atomic mass is 10.1. The molecule has 0 aliphatic heterocycles. The maximum absolute atomic E-state index is 12.5. The van der Waals surface area contributed by atoms with E-state index in [1.54, 1.807) is 4.90 Å². The molecule has 0 fully saturated rings. The van der Waals surface area contributed by atoms with Gasteiger partial charge in [-0.1, -0.05) is 41.4 Å². The molecular weight excluding hydrogens is 348 g/mol. The maximum Gasteiger partial charge on any atom is 0.244 e. The predicted molar refractivity (Wildman–Crippen MR) is 107 cm³/mol. The first kappa shape index (κ1) is 20.0. The second-order valence-corrected chi connectivity index (χ2v) is 7.08. The van der Waals surface area contributed by atoms with Gasteiger partial charge in [0.05, 0.1) is 6.54 Å². The molecule has 0 atom stereocenters. The van der Waals surface area contributed by atoms with Crippen LogP contribution >= 0.6 is 11.6 Å². The normalized spacial score (nSPS) is 10.5. The van der Waals surface area contributed by atoms with E-state index in [-0.39, 0.29) is 18.4 Å². The molecule has 2 aromatic rings. The van der Waals surface area contributed by atoms with Gasteiger partial charge in [-0.3, -0.25) is 9.59 Å². The fourth-order valence-corrected chi connectivity index (χ4v) is 3.25. The summed E-state index contributed by atoms with van der Waals surface area (Å²) in [7, 11) is 0. The van der Waals surface area contributed by atoms with Gasteiger partial charge >= 0.3 is 0 Å². The SMILES string of the molecule is CC(=O)N(CCc1cccc(Cl)c1)CC(=O)Nc1c(C)cc(C)cc1C. The number of anilines is 1. The standard InChI is InChI=1S/C21H25ClN2O2/c1-14-10-15(2)21(16(3)11-14)23-20(26)13-24(17(4)25)9-8-18-6-5-7-19(22)12-18/h5-7,10-12H,8-9,13H2,1-4H3,(H,23,26). The van der Waals surface area contributed by atoms with Crippen molar-refractivity contribution in [3.05, 3.63) is 63.7 Å². The lowest BCUT2D eigenvalue weighted by molar-refractivity contribution is -0.132. The second-order valence-electron chi connectivity index (χ2n) is 6.64. The van der Waals surface area contributed by atoms with E-state index >= 15 is 0 Å². The minimum atomic E-state index is -0.193. The van der Waals surface area contributed by atoms with Gasteiger partial charge in [0, 0.05) is 24.2 Å². The van der Waals surface area contributed by atoms with Crippen LogP contribution in [0.15, 0.2) is 36.4 Å². The molecule has 0 heterocycles. The predicted octanol–water partition coefficient (Wildman–Crippen LogP) is 4.29. The van der Waals surface area contributed by atoms with E-state index in [1.165, 1.54) is 6.92 Å². The third kappa shape index (κ3) is 5.60. The molecule has 0 saturated carbocycles. The van der Waals surface area contributed by atoms with Crippen molar-refractivity contribution < 1.29 is 9.59 Å². The van der Waals surface area contributed by atoms with Crippen molar-refractivity contribution >= 4 is 29.1 Å². The molecule has 0 aliphatic carbocycles. The Bertz CT molecular complexity index is 794. The third-order valence-corrected chi connectivity index (χ3v) is 4.52. The van der Waals surface area contributed by atoms with Crippen LogP contribution in [0.2, 0.25) is 5.02 Å². The Balaban J connectivity index is 2.01. The minimum absolute atomic E-state index is 0.0304. The van der Waals surface area contributed by atoms with Gasteiger partial charge in [0.2, 0.25) is 11.8 Å². The molecule has 138 valence electrons. The molecule has 0 aromatic heterocycles. The molecule has 1 N–H and O–H groups in total. The molecule has 0 unspecified atom stereocenters. The number of aryl methyl sites for hydroxylation is 3. The topological polar surface area (TPSA) is 49.4 Å². The number of nitrogens with one attached hydrogen (secondary N) is 1. The molecule has 0 radical (unpaired) electrons. The van der Waals surface area contributed by atoms with Gasteiger partial charge in [0.1, 0.15) is 0 Å². The minimum Gasteiger partial charge on any atom is -0.333 e. The van der Waals surface area contributed by atoms with Crippen LogP contribution in [-0.2, 0) is 16.0 Å². The number of hydrogen-bond acceptors (Lipinski definition) is 2. The summed E-state index contributed by atoms with van der Waals surface area (Å²) in [6.45, 7) is 7.94. The number of rotatable bonds is 6. The molecule has 2 aromatic carbocycles. The zero-order valence-corrected chi connectivity index (χ0v) is 16.5. The molecule has 5 heteroatoms. The highest BCUT2D eigenvalue weighted by molar-refractivity contribution is 6.30. The first-order chi connectivity index (χ1) is 12.3.